The largest absolute Gasteiger partial charge is 0.353 e. The number of rotatable bonds is 2. The Balaban J connectivity index is 3.03. The first-order chi connectivity index (χ1) is 6.36. The van der Waals surface area contributed by atoms with Gasteiger partial charge in [-0.3, -0.25) is 4.79 Å². The summed E-state index contributed by atoms with van der Waals surface area (Å²) in [6.45, 7) is 6.23. The van der Waals surface area contributed by atoms with Crippen LogP contribution in [0.25, 0.3) is 0 Å². The van der Waals surface area contributed by atoms with Crippen molar-refractivity contribution in [3.8, 4) is 0 Å². The third-order valence-electron chi connectivity index (χ3n) is 2.26. The minimum absolute atomic E-state index is 0.160. The molecule has 0 aliphatic rings. The average Bonchev–Trinajstić information content (AvgIpc) is 2.43. The van der Waals surface area contributed by atoms with Crippen molar-refractivity contribution in [1.29, 1.82) is 0 Å². The van der Waals surface area contributed by atoms with Crippen LogP contribution in [0.2, 0.25) is 0 Å². The van der Waals surface area contributed by atoms with Crippen molar-refractivity contribution in [3.63, 3.8) is 0 Å². The van der Waals surface area contributed by atoms with Crippen molar-refractivity contribution >= 4 is 5.78 Å². The van der Waals surface area contributed by atoms with Crippen molar-refractivity contribution in [2.45, 2.75) is 27.3 Å². The molecule has 78 valence electrons. The molecule has 0 spiro atoms. The van der Waals surface area contributed by atoms with Crippen LogP contribution < -0.4 is 5.73 Å². The highest BCUT2D eigenvalue weighted by molar-refractivity contribution is 5.99. The van der Waals surface area contributed by atoms with E-state index in [1.165, 1.54) is 0 Å². The molecule has 0 atom stereocenters. The van der Waals surface area contributed by atoms with Crippen LogP contribution in [-0.2, 0) is 13.6 Å². The summed E-state index contributed by atoms with van der Waals surface area (Å²) in [6, 6.07) is 1.87. The molecule has 1 aromatic heterocycles. The van der Waals surface area contributed by atoms with Gasteiger partial charge in [-0.05, 0) is 6.07 Å². The molecule has 3 nitrogen and oxygen atoms in total. The normalized spacial score (nSPS) is 11.8. The van der Waals surface area contributed by atoms with E-state index in [-0.39, 0.29) is 11.2 Å². The van der Waals surface area contributed by atoms with Crippen molar-refractivity contribution in [1.82, 2.24) is 4.57 Å². The molecule has 1 heterocycles. The lowest BCUT2D eigenvalue weighted by molar-refractivity contribution is 0.0858. The molecule has 0 amide bonds. The molecule has 0 aromatic carbocycles. The highest BCUT2D eigenvalue weighted by Crippen LogP contribution is 2.21. The molecule has 0 saturated carbocycles. The van der Waals surface area contributed by atoms with Crippen LogP contribution in [-0.4, -0.2) is 10.4 Å². The summed E-state index contributed by atoms with van der Waals surface area (Å²) in [5.74, 6) is 0.160. The van der Waals surface area contributed by atoms with Gasteiger partial charge in [-0.15, -0.1) is 0 Å². The summed E-state index contributed by atoms with van der Waals surface area (Å²) >= 11 is 0. The maximum atomic E-state index is 11.9. The Morgan fingerprint density at radius 1 is 1.50 bits per heavy atom. The molecule has 0 radical (unpaired) electrons. The van der Waals surface area contributed by atoms with Gasteiger partial charge in [0.25, 0.3) is 0 Å². The summed E-state index contributed by atoms with van der Waals surface area (Å²) in [4.78, 5) is 11.9. The summed E-state index contributed by atoms with van der Waals surface area (Å²) in [5.41, 5.74) is 6.95. The van der Waals surface area contributed by atoms with Gasteiger partial charge < -0.3 is 10.3 Å². The molecule has 1 aromatic rings. The average molecular weight is 194 g/mol. The molecule has 0 aliphatic heterocycles. The fourth-order valence-corrected chi connectivity index (χ4v) is 1.37. The highest BCUT2D eigenvalue weighted by atomic mass is 16.1. The third kappa shape index (κ3) is 2.04. The zero-order valence-corrected chi connectivity index (χ0v) is 9.29. The molecular formula is C11H18N2O. The molecule has 0 fully saturated rings. The molecule has 0 saturated heterocycles. The fraction of sp³-hybridized carbons (Fsp3) is 0.545. The van der Waals surface area contributed by atoms with E-state index in [9.17, 15) is 4.79 Å². The van der Waals surface area contributed by atoms with Crippen LogP contribution in [0.1, 0.15) is 36.8 Å². The number of Topliss-reactive ketones (excluding diaryl/α,β-unsaturated/α-hetero) is 1. The van der Waals surface area contributed by atoms with Gasteiger partial charge >= 0.3 is 0 Å². The van der Waals surface area contributed by atoms with Gasteiger partial charge in [0.15, 0.2) is 5.78 Å². The summed E-state index contributed by atoms with van der Waals surface area (Å²) in [6.07, 6.45) is 1.84. The Bertz CT molecular complexity index is 345. The van der Waals surface area contributed by atoms with Gasteiger partial charge in [0.1, 0.15) is 0 Å². The van der Waals surface area contributed by atoms with Crippen LogP contribution in [0.15, 0.2) is 12.3 Å². The van der Waals surface area contributed by atoms with Gasteiger partial charge in [0, 0.05) is 36.5 Å². The maximum Gasteiger partial charge on any atom is 0.169 e. The number of carbonyl (C=O) groups is 1. The minimum atomic E-state index is -0.326. The van der Waals surface area contributed by atoms with Crippen molar-refractivity contribution in [2.24, 2.45) is 18.2 Å². The fourth-order valence-electron chi connectivity index (χ4n) is 1.37. The number of nitrogens with zero attached hydrogens (tertiary/aromatic N) is 1. The molecule has 2 N–H and O–H groups in total. The number of carbonyl (C=O) groups excluding carboxylic acids is 1. The molecular weight excluding hydrogens is 176 g/mol. The second-order valence-corrected chi connectivity index (χ2v) is 4.61. The van der Waals surface area contributed by atoms with E-state index >= 15 is 0 Å². The second kappa shape index (κ2) is 3.58. The van der Waals surface area contributed by atoms with Crippen LogP contribution in [0, 0.1) is 5.41 Å². The quantitative estimate of drug-likeness (QED) is 0.729. The Labute approximate surface area is 84.9 Å². The first kappa shape index (κ1) is 11.0. The number of ketones is 1. The predicted octanol–water partition coefficient (Wildman–Crippen LogP) is 1.71. The summed E-state index contributed by atoms with van der Waals surface area (Å²) < 4.78 is 1.90. The van der Waals surface area contributed by atoms with Crippen molar-refractivity contribution < 1.29 is 4.79 Å². The van der Waals surface area contributed by atoms with E-state index < -0.39 is 0 Å². The first-order valence-electron chi connectivity index (χ1n) is 4.76. The summed E-state index contributed by atoms with van der Waals surface area (Å²) in [7, 11) is 1.90. The highest BCUT2D eigenvalue weighted by Gasteiger charge is 2.24. The molecule has 0 unspecified atom stereocenters. The molecule has 0 aliphatic carbocycles. The van der Waals surface area contributed by atoms with Crippen LogP contribution >= 0.6 is 0 Å². The van der Waals surface area contributed by atoms with E-state index in [0.717, 1.165) is 11.3 Å². The number of aromatic nitrogens is 1. The lowest BCUT2D eigenvalue weighted by atomic mass is 9.87. The van der Waals surface area contributed by atoms with E-state index in [4.69, 9.17) is 5.73 Å². The zero-order chi connectivity index (χ0) is 10.9. The lowest BCUT2D eigenvalue weighted by Gasteiger charge is -2.14. The van der Waals surface area contributed by atoms with E-state index in [1.807, 2.05) is 44.6 Å². The lowest BCUT2D eigenvalue weighted by Crippen LogP contribution is -2.19. The number of hydrogen-bond acceptors (Lipinski definition) is 2. The smallest absolute Gasteiger partial charge is 0.169 e. The molecule has 1 rings (SSSR count). The zero-order valence-electron chi connectivity index (χ0n) is 9.29. The van der Waals surface area contributed by atoms with Crippen LogP contribution in [0.5, 0.6) is 0 Å². The Morgan fingerprint density at radius 2 is 2.07 bits per heavy atom. The monoisotopic (exact) mass is 194 g/mol. The van der Waals surface area contributed by atoms with Crippen LogP contribution in [0.4, 0.5) is 0 Å². The second-order valence-electron chi connectivity index (χ2n) is 4.61. The Kier molecular flexibility index (Phi) is 2.81. The van der Waals surface area contributed by atoms with Gasteiger partial charge in [-0.2, -0.15) is 0 Å². The first-order valence-corrected chi connectivity index (χ1v) is 4.76. The van der Waals surface area contributed by atoms with E-state index in [2.05, 4.69) is 0 Å². The number of hydrogen-bond donors (Lipinski definition) is 1. The molecule has 14 heavy (non-hydrogen) atoms. The number of aryl methyl sites for hydroxylation is 1. The van der Waals surface area contributed by atoms with E-state index in [0.29, 0.717) is 6.54 Å². The van der Waals surface area contributed by atoms with Gasteiger partial charge in [-0.1, -0.05) is 20.8 Å². The van der Waals surface area contributed by atoms with Gasteiger partial charge in [-0.25, -0.2) is 0 Å². The van der Waals surface area contributed by atoms with Gasteiger partial charge in [0.05, 0.1) is 0 Å². The Hall–Kier alpha value is -1.09. The molecule has 0 bridgehead atoms. The van der Waals surface area contributed by atoms with Crippen LogP contribution in [0.3, 0.4) is 0 Å². The Morgan fingerprint density at radius 3 is 2.43 bits per heavy atom. The van der Waals surface area contributed by atoms with Crippen molar-refractivity contribution in [2.75, 3.05) is 0 Å². The van der Waals surface area contributed by atoms with Gasteiger partial charge in [0.2, 0.25) is 0 Å². The van der Waals surface area contributed by atoms with E-state index in [1.54, 1.807) is 0 Å². The SMILES string of the molecule is Cn1cc(C(=O)C(C)(C)C)cc1CN. The summed E-state index contributed by atoms with van der Waals surface area (Å²) in [5, 5.41) is 0. The standard InChI is InChI=1S/C11H18N2O/c1-11(2,3)10(14)8-5-9(6-12)13(4)7-8/h5,7H,6,12H2,1-4H3. The predicted molar refractivity (Wildman–Crippen MR) is 57.1 cm³/mol. The maximum absolute atomic E-state index is 11.9. The minimum Gasteiger partial charge on any atom is -0.353 e. The van der Waals surface area contributed by atoms with Crippen molar-refractivity contribution in [3.05, 3.63) is 23.5 Å². The number of nitrogens with two attached hydrogens (primary N) is 1. The molecule has 3 heteroatoms. The topological polar surface area (TPSA) is 48.0 Å². The third-order valence-corrected chi connectivity index (χ3v) is 2.26.